The van der Waals surface area contributed by atoms with E-state index in [2.05, 4.69) is 12.2 Å². The van der Waals surface area contributed by atoms with Crippen LogP contribution in [-0.2, 0) is 22.4 Å². The lowest BCUT2D eigenvalue weighted by Crippen LogP contribution is -2.15. The van der Waals surface area contributed by atoms with Gasteiger partial charge in [0.25, 0.3) is 0 Å². The zero-order valence-electron chi connectivity index (χ0n) is 15.4. The molecule has 0 saturated heterocycles. The number of thiophene rings is 1. The lowest BCUT2D eigenvalue weighted by Gasteiger charge is -2.18. The lowest BCUT2D eigenvalue weighted by molar-refractivity contribution is -0.111. The number of ether oxygens (including phenoxy) is 1. The van der Waals surface area contributed by atoms with Gasteiger partial charge in [-0.05, 0) is 61.4 Å². The van der Waals surface area contributed by atoms with Gasteiger partial charge in [0, 0.05) is 11.0 Å². The third-order valence-corrected chi connectivity index (χ3v) is 5.67. The normalized spacial score (nSPS) is 16.2. The molecule has 27 heavy (non-hydrogen) atoms. The molecule has 4 nitrogen and oxygen atoms in total. The number of hydrogen-bond acceptors (Lipinski definition) is 4. The fourth-order valence-corrected chi connectivity index (χ4v) is 4.60. The number of nitrogens with one attached hydrogen (secondary N) is 1. The van der Waals surface area contributed by atoms with Crippen molar-refractivity contribution in [3.05, 3.63) is 57.7 Å². The minimum atomic E-state index is -0.394. The van der Waals surface area contributed by atoms with Crippen molar-refractivity contribution >= 4 is 34.3 Å². The van der Waals surface area contributed by atoms with Gasteiger partial charge in [-0.2, -0.15) is 0 Å². The molecular weight excluding hydrogens is 365 g/mol. The molecule has 1 aromatic heterocycles. The summed E-state index contributed by atoms with van der Waals surface area (Å²) in [7, 11) is 0. The van der Waals surface area contributed by atoms with Crippen molar-refractivity contribution in [1.29, 1.82) is 0 Å². The molecule has 0 fully saturated rings. The molecule has 0 radical (unpaired) electrons. The molecule has 1 atom stereocenters. The quantitative estimate of drug-likeness (QED) is 0.590. The fourth-order valence-electron chi connectivity index (χ4n) is 3.19. The molecule has 1 N–H and O–H groups in total. The minimum absolute atomic E-state index is 0.284. The van der Waals surface area contributed by atoms with E-state index in [1.54, 1.807) is 19.1 Å². The van der Waals surface area contributed by atoms with Gasteiger partial charge in [0.1, 0.15) is 10.8 Å². The Kier molecular flexibility index (Phi) is 6.06. The monoisotopic (exact) mass is 387 g/mol. The summed E-state index contributed by atoms with van der Waals surface area (Å²) in [6.45, 7) is 4.23. The van der Waals surface area contributed by atoms with Crippen molar-refractivity contribution < 1.29 is 18.7 Å². The Balaban J connectivity index is 1.83. The summed E-state index contributed by atoms with van der Waals surface area (Å²) >= 11 is 1.45. The van der Waals surface area contributed by atoms with E-state index in [0.29, 0.717) is 22.0 Å². The standard InChI is InChI=1S/C21H22FNO3S/c1-3-26-21(25)19-16-9-7-13(2)11-17(16)27-20(19)23-18(24)10-8-14-5-4-6-15(22)12-14/h4-6,8,10,12-13H,3,7,9,11H2,1-2H3,(H,23,24)/b10-8+. The highest BCUT2D eigenvalue weighted by molar-refractivity contribution is 7.17. The molecule has 0 spiro atoms. The van der Waals surface area contributed by atoms with Crippen LogP contribution >= 0.6 is 11.3 Å². The van der Waals surface area contributed by atoms with E-state index in [1.807, 2.05) is 0 Å². The van der Waals surface area contributed by atoms with Gasteiger partial charge in [-0.1, -0.05) is 19.1 Å². The maximum Gasteiger partial charge on any atom is 0.341 e. The number of amides is 1. The van der Waals surface area contributed by atoms with Gasteiger partial charge in [-0.3, -0.25) is 4.79 Å². The van der Waals surface area contributed by atoms with Crippen LogP contribution in [0, 0.1) is 11.7 Å². The number of carbonyl (C=O) groups is 2. The molecule has 0 aliphatic heterocycles. The zero-order chi connectivity index (χ0) is 19.4. The van der Waals surface area contributed by atoms with Crippen LogP contribution in [0.4, 0.5) is 9.39 Å². The molecule has 1 unspecified atom stereocenters. The van der Waals surface area contributed by atoms with Crippen molar-refractivity contribution in [3.8, 4) is 0 Å². The Labute approximate surface area is 162 Å². The molecule has 2 aromatic rings. The number of rotatable bonds is 5. The molecular formula is C21H22FNO3S. The Hall–Kier alpha value is -2.47. The second-order valence-electron chi connectivity index (χ2n) is 6.65. The first-order valence-electron chi connectivity index (χ1n) is 9.04. The van der Waals surface area contributed by atoms with Gasteiger partial charge in [0.05, 0.1) is 12.2 Å². The summed E-state index contributed by atoms with van der Waals surface area (Å²) in [5, 5.41) is 3.33. The number of anilines is 1. The third-order valence-electron chi connectivity index (χ3n) is 4.50. The summed E-state index contributed by atoms with van der Waals surface area (Å²) < 4.78 is 18.4. The van der Waals surface area contributed by atoms with Crippen LogP contribution in [0.5, 0.6) is 0 Å². The van der Waals surface area contributed by atoms with Crippen LogP contribution in [0.25, 0.3) is 6.08 Å². The Morgan fingerprint density at radius 1 is 1.41 bits per heavy atom. The summed E-state index contributed by atoms with van der Waals surface area (Å²) in [4.78, 5) is 25.9. The van der Waals surface area contributed by atoms with Crippen LogP contribution in [0.1, 0.15) is 46.6 Å². The zero-order valence-corrected chi connectivity index (χ0v) is 16.2. The van der Waals surface area contributed by atoms with Gasteiger partial charge < -0.3 is 10.1 Å². The van der Waals surface area contributed by atoms with E-state index < -0.39 is 5.97 Å². The number of fused-ring (bicyclic) bond motifs is 1. The third kappa shape index (κ3) is 4.63. The number of carbonyl (C=O) groups excluding carboxylic acids is 2. The first kappa shape index (κ1) is 19.3. The largest absolute Gasteiger partial charge is 0.462 e. The molecule has 1 amide bonds. The molecule has 0 bridgehead atoms. The lowest BCUT2D eigenvalue weighted by atomic mass is 9.88. The first-order chi connectivity index (χ1) is 13.0. The SMILES string of the molecule is CCOC(=O)c1c(NC(=O)/C=C/c2cccc(F)c2)sc2c1CCC(C)C2. The highest BCUT2D eigenvalue weighted by Gasteiger charge is 2.28. The predicted molar refractivity (Wildman–Crippen MR) is 106 cm³/mol. The molecule has 1 heterocycles. The molecule has 1 aliphatic rings. The Morgan fingerprint density at radius 3 is 2.96 bits per heavy atom. The molecule has 0 saturated carbocycles. The van der Waals surface area contributed by atoms with Crippen molar-refractivity contribution in [1.82, 2.24) is 0 Å². The van der Waals surface area contributed by atoms with Crippen molar-refractivity contribution in [2.24, 2.45) is 5.92 Å². The Bertz CT molecular complexity index is 888. The van der Waals surface area contributed by atoms with Crippen LogP contribution < -0.4 is 5.32 Å². The van der Waals surface area contributed by atoms with Crippen molar-refractivity contribution in [2.75, 3.05) is 11.9 Å². The van der Waals surface area contributed by atoms with E-state index in [9.17, 15) is 14.0 Å². The smallest absolute Gasteiger partial charge is 0.341 e. The van der Waals surface area contributed by atoms with Crippen molar-refractivity contribution in [2.45, 2.75) is 33.1 Å². The molecule has 142 valence electrons. The highest BCUT2D eigenvalue weighted by Crippen LogP contribution is 2.40. The van der Waals surface area contributed by atoms with Gasteiger partial charge in [-0.25, -0.2) is 9.18 Å². The maximum atomic E-state index is 13.2. The fraction of sp³-hybridized carbons (Fsp3) is 0.333. The maximum absolute atomic E-state index is 13.2. The second-order valence-corrected chi connectivity index (χ2v) is 7.76. The molecule has 1 aromatic carbocycles. The number of esters is 1. The number of hydrogen-bond donors (Lipinski definition) is 1. The number of benzene rings is 1. The number of halogens is 1. The van der Waals surface area contributed by atoms with Crippen LogP contribution in [0.2, 0.25) is 0 Å². The average molecular weight is 387 g/mol. The van der Waals surface area contributed by atoms with Crippen LogP contribution in [-0.4, -0.2) is 18.5 Å². The van der Waals surface area contributed by atoms with E-state index in [4.69, 9.17) is 4.74 Å². The highest BCUT2D eigenvalue weighted by atomic mass is 32.1. The van der Waals surface area contributed by atoms with Gasteiger partial charge in [0.2, 0.25) is 5.91 Å². The predicted octanol–water partition coefficient (Wildman–Crippen LogP) is 4.84. The summed E-state index contributed by atoms with van der Waals surface area (Å²) in [5.41, 5.74) is 2.08. The van der Waals surface area contributed by atoms with Gasteiger partial charge in [-0.15, -0.1) is 11.3 Å². The first-order valence-corrected chi connectivity index (χ1v) is 9.85. The summed E-state index contributed by atoms with van der Waals surface area (Å²) in [6.07, 6.45) is 5.61. The van der Waals surface area contributed by atoms with Crippen LogP contribution in [0.3, 0.4) is 0 Å². The van der Waals surface area contributed by atoms with E-state index in [1.165, 1.54) is 35.6 Å². The van der Waals surface area contributed by atoms with Gasteiger partial charge >= 0.3 is 5.97 Å². The topological polar surface area (TPSA) is 55.4 Å². The van der Waals surface area contributed by atoms with Crippen molar-refractivity contribution in [3.63, 3.8) is 0 Å². The van der Waals surface area contributed by atoms with Gasteiger partial charge in [0.15, 0.2) is 0 Å². The summed E-state index contributed by atoms with van der Waals surface area (Å²) in [5.74, 6) is -0.560. The summed E-state index contributed by atoms with van der Waals surface area (Å²) in [6, 6.07) is 5.99. The van der Waals surface area contributed by atoms with E-state index in [-0.39, 0.29) is 18.3 Å². The van der Waals surface area contributed by atoms with E-state index >= 15 is 0 Å². The minimum Gasteiger partial charge on any atom is -0.462 e. The molecule has 3 rings (SSSR count). The Morgan fingerprint density at radius 2 is 2.22 bits per heavy atom. The second kappa shape index (κ2) is 8.48. The molecule has 6 heteroatoms. The van der Waals surface area contributed by atoms with Crippen LogP contribution in [0.15, 0.2) is 30.3 Å². The van der Waals surface area contributed by atoms with E-state index in [0.717, 1.165) is 29.7 Å². The molecule has 1 aliphatic carbocycles. The average Bonchev–Trinajstić information content (AvgIpc) is 2.97.